The lowest BCUT2D eigenvalue weighted by Crippen LogP contribution is -2.58. The van der Waals surface area contributed by atoms with Crippen molar-refractivity contribution in [3.63, 3.8) is 0 Å². The number of rotatable bonds is 18. The van der Waals surface area contributed by atoms with E-state index >= 15 is 0 Å². The minimum atomic E-state index is -1.91. The molecule has 0 aliphatic heterocycles. The third kappa shape index (κ3) is 11.4. The summed E-state index contributed by atoms with van der Waals surface area (Å²) in [5.41, 5.74) is 5.91. The van der Waals surface area contributed by atoms with Crippen molar-refractivity contribution in [1.82, 2.24) is 16.0 Å². The minimum Gasteiger partial charge on any atom is -0.481 e. The Labute approximate surface area is 230 Å². The largest absolute Gasteiger partial charge is 0.481 e. The molecule has 222 valence electrons. The second kappa shape index (κ2) is 16.9. The normalized spacial score (nSPS) is 16.2. The summed E-state index contributed by atoms with van der Waals surface area (Å²) in [5, 5.41) is 45.4. The molecule has 0 spiro atoms. The van der Waals surface area contributed by atoms with Gasteiger partial charge in [-0.3, -0.25) is 24.0 Å². The Kier molecular flexibility index (Phi) is 14.4. The number of benzene rings is 1. The zero-order chi connectivity index (χ0) is 30.4. The van der Waals surface area contributed by atoms with Crippen LogP contribution in [-0.2, 0) is 39.9 Å². The molecule has 7 unspecified atom stereocenters. The van der Waals surface area contributed by atoms with Crippen molar-refractivity contribution in [3.05, 3.63) is 35.9 Å². The molecule has 15 nitrogen and oxygen atoms in total. The van der Waals surface area contributed by atoms with Crippen molar-refractivity contribution >= 4 is 35.9 Å². The highest BCUT2D eigenvalue weighted by Gasteiger charge is 2.37. The van der Waals surface area contributed by atoms with Crippen LogP contribution in [0.1, 0.15) is 32.3 Å². The van der Waals surface area contributed by atoms with Crippen LogP contribution in [0, 0.1) is 0 Å². The van der Waals surface area contributed by atoms with Gasteiger partial charge in [-0.2, -0.15) is 0 Å². The van der Waals surface area contributed by atoms with Gasteiger partial charge in [0.25, 0.3) is 0 Å². The Hall–Kier alpha value is -3.92. The van der Waals surface area contributed by atoms with Crippen LogP contribution in [0.3, 0.4) is 0 Å². The zero-order valence-electron chi connectivity index (χ0n) is 22.1. The molecule has 0 fully saturated rings. The fourth-order valence-electron chi connectivity index (χ4n) is 3.60. The van der Waals surface area contributed by atoms with Crippen LogP contribution in [-0.4, -0.2) is 105 Å². The van der Waals surface area contributed by atoms with Gasteiger partial charge in [0.2, 0.25) is 23.6 Å². The molecule has 1 rings (SSSR count). The molecule has 0 aliphatic rings. The Balaban J connectivity index is 3.17. The van der Waals surface area contributed by atoms with E-state index in [0.29, 0.717) is 5.56 Å². The van der Waals surface area contributed by atoms with E-state index in [2.05, 4.69) is 16.0 Å². The Morgan fingerprint density at radius 2 is 1.60 bits per heavy atom. The van der Waals surface area contributed by atoms with Gasteiger partial charge in [0.05, 0.1) is 6.61 Å². The quantitative estimate of drug-likeness (QED) is 0.0815. The number of nitrogens with two attached hydrogens (primary N) is 1. The van der Waals surface area contributed by atoms with Gasteiger partial charge in [0.1, 0.15) is 48.8 Å². The standard InChI is InChI=1S/C25H36N4O11/c1-13(40-22(21(36)19(33)12-31)18(11-30)27-14(2)32)24(38)29-17(10-15-6-4-3-5-7-15)25(39)28-16(23(26)37)8-9-20(34)35/h3-7,11,13,16-19,21-22,31,33,36H,8-10,12H2,1-2H3,(H2,26,37)(H,27,32)(H,28,39)(H,29,38)(H,34,35). The number of amides is 4. The minimum absolute atomic E-state index is 0.0618. The van der Waals surface area contributed by atoms with Crippen molar-refractivity contribution in [2.24, 2.45) is 5.73 Å². The van der Waals surface area contributed by atoms with Crippen molar-refractivity contribution in [2.75, 3.05) is 6.61 Å². The number of hydrogen-bond donors (Lipinski definition) is 8. The van der Waals surface area contributed by atoms with E-state index in [1.807, 2.05) is 0 Å². The number of nitrogens with one attached hydrogen (secondary N) is 3. The number of carbonyl (C=O) groups is 6. The summed E-state index contributed by atoms with van der Waals surface area (Å²) in [6.07, 6.45) is -7.44. The number of aliphatic carboxylic acids is 1. The van der Waals surface area contributed by atoms with E-state index < -0.39 is 85.2 Å². The second-order valence-corrected chi connectivity index (χ2v) is 8.99. The third-order valence-electron chi connectivity index (χ3n) is 5.74. The summed E-state index contributed by atoms with van der Waals surface area (Å²) in [7, 11) is 0. The van der Waals surface area contributed by atoms with Gasteiger partial charge in [-0.25, -0.2) is 0 Å². The Bertz CT molecular complexity index is 1020. The molecule has 7 atom stereocenters. The fourth-order valence-corrected chi connectivity index (χ4v) is 3.60. The number of aldehydes is 1. The Morgan fingerprint density at radius 1 is 1.00 bits per heavy atom. The first-order chi connectivity index (χ1) is 18.8. The van der Waals surface area contributed by atoms with Crippen LogP contribution in [0.25, 0.3) is 0 Å². The summed E-state index contributed by atoms with van der Waals surface area (Å²) in [5.74, 6) is -4.64. The molecule has 0 aliphatic carbocycles. The van der Waals surface area contributed by atoms with Gasteiger partial charge >= 0.3 is 5.97 Å². The van der Waals surface area contributed by atoms with Crippen LogP contribution in [0.2, 0.25) is 0 Å². The smallest absolute Gasteiger partial charge is 0.303 e. The summed E-state index contributed by atoms with van der Waals surface area (Å²) in [4.78, 5) is 71.9. The number of aliphatic hydroxyl groups is 3. The third-order valence-corrected chi connectivity index (χ3v) is 5.74. The molecule has 1 aromatic carbocycles. The zero-order valence-corrected chi connectivity index (χ0v) is 22.1. The van der Waals surface area contributed by atoms with Crippen LogP contribution in [0.5, 0.6) is 0 Å². The van der Waals surface area contributed by atoms with E-state index in [-0.39, 0.29) is 19.1 Å². The van der Waals surface area contributed by atoms with Crippen molar-refractivity contribution < 1.29 is 53.9 Å². The number of primary amides is 1. The number of carboxylic acid groups (broad SMARTS) is 1. The molecule has 0 radical (unpaired) electrons. The average Bonchev–Trinajstić information content (AvgIpc) is 2.91. The maximum atomic E-state index is 13.1. The highest BCUT2D eigenvalue weighted by atomic mass is 16.5. The van der Waals surface area contributed by atoms with Crippen molar-refractivity contribution in [1.29, 1.82) is 0 Å². The first-order valence-corrected chi connectivity index (χ1v) is 12.3. The second-order valence-electron chi connectivity index (χ2n) is 8.99. The molecule has 0 saturated carbocycles. The first-order valence-electron chi connectivity index (χ1n) is 12.3. The monoisotopic (exact) mass is 568 g/mol. The highest BCUT2D eigenvalue weighted by molar-refractivity contribution is 5.92. The van der Waals surface area contributed by atoms with E-state index in [9.17, 15) is 44.1 Å². The lowest BCUT2D eigenvalue weighted by atomic mass is 10.0. The molecule has 40 heavy (non-hydrogen) atoms. The maximum absolute atomic E-state index is 13.1. The predicted octanol–water partition coefficient (Wildman–Crippen LogP) is -3.26. The van der Waals surface area contributed by atoms with Gasteiger partial charge in [-0.15, -0.1) is 0 Å². The predicted molar refractivity (Wildman–Crippen MR) is 137 cm³/mol. The lowest BCUT2D eigenvalue weighted by molar-refractivity contribution is -0.158. The van der Waals surface area contributed by atoms with Crippen molar-refractivity contribution in [2.45, 2.75) is 75.7 Å². The first kappa shape index (κ1) is 34.1. The molecule has 0 aromatic heterocycles. The van der Waals surface area contributed by atoms with Gasteiger partial charge in [0.15, 0.2) is 0 Å². The molecule has 15 heteroatoms. The molecular formula is C25H36N4O11. The lowest BCUT2D eigenvalue weighted by Gasteiger charge is -2.32. The summed E-state index contributed by atoms with van der Waals surface area (Å²) in [6, 6.07) is 4.30. The molecule has 0 saturated heterocycles. The Morgan fingerprint density at radius 3 is 2.10 bits per heavy atom. The summed E-state index contributed by atoms with van der Waals surface area (Å²) < 4.78 is 5.52. The van der Waals surface area contributed by atoms with Crippen LogP contribution >= 0.6 is 0 Å². The molecule has 4 amide bonds. The highest BCUT2D eigenvalue weighted by Crippen LogP contribution is 2.13. The van der Waals surface area contributed by atoms with Gasteiger partial charge in [0, 0.05) is 19.8 Å². The number of carboxylic acids is 1. The number of hydrogen-bond acceptors (Lipinski definition) is 10. The number of carbonyl (C=O) groups excluding carboxylic acids is 5. The maximum Gasteiger partial charge on any atom is 0.303 e. The van der Waals surface area contributed by atoms with Crippen LogP contribution < -0.4 is 21.7 Å². The van der Waals surface area contributed by atoms with E-state index in [4.69, 9.17) is 15.6 Å². The van der Waals surface area contributed by atoms with Crippen molar-refractivity contribution in [3.8, 4) is 0 Å². The summed E-state index contributed by atoms with van der Waals surface area (Å²) >= 11 is 0. The number of aliphatic hydroxyl groups excluding tert-OH is 3. The average molecular weight is 569 g/mol. The van der Waals surface area contributed by atoms with E-state index in [1.54, 1.807) is 30.3 Å². The molecule has 1 aromatic rings. The topological polar surface area (TPSA) is 255 Å². The van der Waals surface area contributed by atoms with Gasteiger partial charge < -0.3 is 51.6 Å². The van der Waals surface area contributed by atoms with Gasteiger partial charge in [-0.1, -0.05) is 30.3 Å². The fraction of sp³-hybridized carbons (Fsp3) is 0.520. The van der Waals surface area contributed by atoms with Crippen LogP contribution in [0.4, 0.5) is 0 Å². The number of ether oxygens (including phenoxy) is 1. The summed E-state index contributed by atoms with van der Waals surface area (Å²) in [6.45, 7) is 1.38. The molecule has 0 bridgehead atoms. The van der Waals surface area contributed by atoms with Crippen LogP contribution in [0.15, 0.2) is 30.3 Å². The molecule has 0 heterocycles. The molecular weight excluding hydrogens is 532 g/mol. The van der Waals surface area contributed by atoms with Gasteiger partial charge in [-0.05, 0) is 18.9 Å². The van der Waals surface area contributed by atoms with E-state index in [1.165, 1.54) is 6.92 Å². The SMILES string of the molecule is CC(=O)NC(C=O)C(OC(C)C(=O)NC(Cc1ccccc1)C(=O)NC(CCC(=O)O)C(N)=O)C(O)C(O)CO. The molecule has 9 N–H and O–H groups in total. The van der Waals surface area contributed by atoms with E-state index in [0.717, 1.165) is 6.92 Å².